The molecule has 0 aliphatic rings. The second-order valence-corrected chi connectivity index (χ2v) is 1.70. The van der Waals surface area contributed by atoms with Crippen molar-refractivity contribution in [2.45, 2.75) is 25.7 Å². The molecule has 0 aromatic heterocycles. The van der Waals surface area contributed by atoms with Crippen LogP contribution in [0.4, 0.5) is 0 Å². The molecule has 2 nitrogen and oxygen atoms in total. The van der Waals surface area contributed by atoms with Gasteiger partial charge in [0, 0.05) is 6.42 Å². The molecule has 0 aliphatic heterocycles. The molecular weight excluding hydrogens is 192 g/mol. The van der Waals surface area contributed by atoms with Gasteiger partial charge in [0.15, 0.2) is 0 Å². The second kappa shape index (κ2) is 8.95. The molecule has 0 aromatic rings. The summed E-state index contributed by atoms with van der Waals surface area (Å²) in [6.45, 7) is 3.59. The summed E-state index contributed by atoms with van der Waals surface area (Å²) < 4.78 is 0. The van der Waals surface area contributed by atoms with Crippen LogP contribution in [0.1, 0.15) is 25.7 Å². The maximum absolute atomic E-state index is 9.85. The SMILES string of the molecule is [CH2]CCCCC(=O)O.[SrH2]. The molecule has 0 heterocycles. The van der Waals surface area contributed by atoms with Gasteiger partial charge >= 0.3 is 51.5 Å². The number of aliphatic carboxylic acids is 1. The molecule has 0 aromatic carbocycles. The fraction of sp³-hybridized carbons (Fsp3) is 0.667. The van der Waals surface area contributed by atoms with Crippen molar-refractivity contribution in [3.63, 3.8) is 0 Å². The molecule has 0 bridgehead atoms. The van der Waals surface area contributed by atoms with E-state index < -0.39 is 5.97 Å². The molecule has 0 rings (SSSR count). The Labute approximate surface area is 92.9 Å². The van der Waals surface area contributed by atoms with Crippen LogP contribution in [0.2, 0.25) is 0 Å². The summed E-state index contributed by atoms with van der Waals surface area (Å²) in [7, 11) is 0. The average molecular weight is 205 g/mol. The summed E-state index contributed by atoms with van der Waals surface area (Å²) in [5.74, 6) is -0.710. The summed E-state index contributed by atoms with van der Waals surface area (Å²) in [4.78, 5) is 9.85. The fourth-order valence-electron chi connectivity index (χ4n) is 0.453. The van der Waals surface area contributed by atoms with E-state index >= 15 is 0 Å². The molecule has 51 valence electrons. The van der Waals surface area contributed by atoms with Crippen LogP contribution < -0.4 is 0 Å². The van der Waals surface area contributed by atoms with Gasteiger partial charge in [-0.25, -0.2) is 0 Å². The number of carboxylic acid groups (broad SMARTS) is 1. The Balaban J connectivity index is 0. The molecule has 0 amide bonds. The monoisotopic (exact) mass is 205 g/mol. The van der Waals surface area contributed by atoms with Gasteiger partial charge in [0.05, 0.1) is 0 Å². The predicted octanol–water partition coefficient (Wildman–Crippen LogP) is 0.549. The van der Waals surface area contributed by atoms with Crippen LogP contribution in [0.3, 0.4) is 0 Å². The zero-order valence-corrected chi connectivity index (χ0v) is 4.89. The quantitative estimate of drug-likeness (QED) is 0.537. The molecule has 0 saturated heterocycles. The molecule has 0 spiro atoms. The van der Waals surface area contributed by atoms with Crippen molar-refractivity contribution < 1.29 is 9.90 Å². The Morgan fingerprint density at radius 1 is 1.44 bits per heavy atom. The summed E-state index contributed by atoms with van der Waals surface area (Å²) in [6.07, 6.45) is 2.81. The first kappa shape index (κ1) is 12.6. The van der Waals surface area contributed by atoms with Gasteiger partial charge < -0.3 is 5.11 Å². The van der Waals surface area contributed by atoms with Crippen LogP contribution in [-0.2, 0) is 4.79 Å². The van der Waals surface area contributed by atoms with Gasteiger partial charge in [-0.05, 0) is 6.42 Å². The Kier molecular flexibility index (Phi) is 12.5. The van der Waals surface area contributed by atoms with E-state index in [1.807, 2.05) is 0 Å². The molecule has 0 saturated carbocycles. The van der Waals surface area contributed by atoms with Gasteiger partial charge in [0.2, 0.25) is 0 Å². The van der Waals surface area contributed by atoms with E-state index in [9.17, 15) is 4.79 Å². The van der Waals surface area contributed by atoms with Crippen molar-refractivity contribution in [1.29, 1.82) is 0 Å². The van der Waals surface area contributed by atoms with Crippen molar-refractivity contribution in [2.75, 3.05) is 0 Å². The third kappa shape index (κ3) is 12.2. The van der Waals surface area contributed by atoms with Crippen molar-refractivity contribution in [3.05, 3.63) is 6.92 Å². The van der Waals surface area contributed by atoms with E-state index in [1.165, 1.54) is 0 Å². The number of rotatable bonds is 4. The molecule has 0 unspecified atom stereocenters. The molecule has 1 radical (unpaired) electrons. The second-order valence-electron chi connectivity index (χ2n) is 1.70. The van der Waals surface area contributed by atoms with Crippen molar-refractivity contribution >= 4 is 51.5 Å². The molecule has 1 N–H and O–H groups in total. The third-order valence-electron chi connectivity index (χ3n) is 0.891. The van der Waals surface area contributed by atoms with E-state index in [4.69, 9.17) is 5.11 Å². The molecule has 0 atom stereocenters. The van der Waals surface area contributed by atoms with Crippen LogP contribution in [0, 0.1) is 6.92 Å². The first-order chi connectivity index (χ1) is 3.77. The summed E-state index contributed by atoms with van der Waals surface area (Å²) in [5, 5.41) is 8.12. The summed E-state index contributed by atoms with van der Waals surface area (Å²) in [5.41, 5.74) is 0. The Hall–Kier alpha value is 0.951. The van der Waals surface area contributed by atoms with Crippen LogP contribution in [0.5, 0.6) is 0 Å². The Bertz CT molecular complexity index is 73.5. The normalized spacial score (nSPS) is 8.11. The van der Waals surface area contributed by atoms with Crippen LogP contribution in [-0.4, -0.2) is 56.6 Å². The molecular formula is C6H13O2Sr. The number of carboxylic acids is 1. The van der Waals surface area contributed by atoms with Crippen LogP contribution in [0.25, 0.3) is 0 Å². The van der Waals surface area contributed by atoms with Gasteiger partial charge in [-0.15, -0.1) is 0 Å². The maximum atomic E-state index is 9.85. The third-order valence-corrected chi connectivity index (χ3v) is 0.891. The van der Waals surface area contributed by atoms with Gasteiger partial charge in [-0.1, -0.05) is 19.8 Å². The first-order valence-electron chi connectivity index (χ1n) is 2.78. The van der Waals surface area contributed by atoms with Crippen molar-refractivity contribution in [3.8, 4) is 0 Å². The standard InChI is InChI=1S/C6H11O2.Sr.2H/c1-2-3-4-5-6(7)8;;;/h1-5H2,(H,7,8);;;. The zero-order chi connectivity index (χ0) is 6.41. The molecule has 0 fully saturated rings. The van der Waals surface area contributed by atoms with Gasteiger partial charge in [0.1, 0.15) is 0 Å². The minimum absolute atomic E-state index is 0. The van der Waals surface area contributed by atoms with Crippen LogP contribution in [0.15, 0.2) is 0 Å². The van der Waals surface area contributed by atoms with E-state index in [2.05, 4.69) is 6.92 Å². The molecule has 0 aliphatic carbocycles. The Morgan fingerprint density at radius 3 is 2.33 bits per heavy atom. The summed E-state index contributed by atoms with van der Waals surface area (Å²) >= 11 is 0. The molecule has 3 heteroatoms. The van der Waals surface area contributed by atoms with Gasteiger partial charge in [-0.3, -0.25) is 4.79 Å². The average Bonchev–Trinajstić information content (AvgIpc) is 1.66. The number of carbonyl (C=O) groups is 1. The first-order valence-corrected chi connectivity index (χ1v) is 2.78. The predicted molar refractivity (Wildman–Crippen MR) is 40.0 cm³/mol. The van der Waals surface area contributed by atoms with E-state index in [0.717, 1.165) is 19.3 Å². The van der Waals surface area contributed by atoms with Gasteiger partial charge in [0.25, 0.3) is 0 Å². The number of unbranched alkanes of at least 4 members (excludes halogenated alkanes) is 2. The van der Waals surface area contributed by atoms with Crippen molar-refractivity contribution in [1.82, 2.24) is 0 Å². The van der Waals surface area contributed by atoms with Crippen molar-refractivity contribution in [2.24, 2.45) is 0 Å². The zero-order valence-electron chi connectivity index (χ0n) is 4.89. The minimum atomic E-state index is -0.710. The summed E-state index contributed by atoms with van der Waals surface area (Å²) in [6, 6.07) is 0. The number of hydrogen-bond acceptors (Lipinski definition) is 1. The van der Waals surface area contributed by atoms with Gasteiger partial charge in [-0.2, -0.15) is 0 Å². The fourth-order valence-corrected chi connectivity index (χ4v) is 0.453. The number of hydrogen-bond donors (Lipinski definition) is 1. The topological polar surface area (TPSA) is 37.3 Å². The van der Waals surface area contributed by atoms with Crippen LogP contribution >= 0.6 is 0 Å². The molecule has 9 heavy (non-hydrogen) atoms. The van der Waals surface area contributed by atoms with E-state index in [-0.39, 0.29) is 51.9 Å². The van der Waals surface area contributed by atoms with E-state index in [0.29, 0.717) is 0 Å². The Morgan fingerprint density at radius 2 is 2.00 bits per heavy atom. The van der Waals surface area contributed by atoms with E-state index in [1.54, 1.807) is 0 Å².